The molecule has 0 bridgehead atoms. The van der Waals surface area contributed by atoms with Crippen molar-refractivity contribution in [1.29, 1.82) is 0 Å². The van der Waals surface area contributed by atoms with Gasteiger partial charge in [0.05, 0.1) is 11.8 Å². The van der Waals surface area contributed by atoms with Crippen molar-refractivity contribution >= 4 is 22.8 Å². The average molecular weight is 273 g/mol. The fraction of sp³-hybridized carbons (Fsp3) is 0.500. The van der Waals surface area contributed by atoms with Gasteiger partial charge in [0.2, 0.25) is 5.91 Å². The second-order valence-electron chi connectivity index (χ2n) is 5.28. The Kier molecular flexibility index (Phi) is 3.30. The molecule has 20 heavy (non-hydrogen) atoms. The minimum Gasteiger partial charge on any atom is -0.357 e. The maximum Gasteiger partial charge on any atom is 0.244 e. The third kappa shape index (κ3) is 2.21. The summed E-state index contributed by atoms with van der Waals surface area (Å²) in [4.78, 5) is 22.9. The van der Waals surface area contributed by atoms with Crippen LogP contribution in [0, 0.1) is 0 Å². The Labute approximate surface area is 117 Å². The minimum atomic E-state index is -0.284. The van der Waals surface area contributed by atoms with Gasteiger partial charge in [-0.05, 0) is 25.8 Å². The average Bonchev–Trinajstić information content (AvgIpc) is 3.09. The summed E-state index contributed by atoms with van der Waals surface area (Å²) in [5, 5.41) is 3.20. The van der Waals surface area contributed by atoms with Crippen LogP contribution in [0.3, 0.4) is 0 Å². The molecule has 106 valence electrons. The smallest absolute Gasteiger partial charge is 0.244 e. The standard InChI is InChI=1S/C14H19N5O/c1-10(14(20)19-7-3-4-8-19)17-13-12-11(5-6-15-13)18(2)9-16-12/h5-6,9-10H,3-4,7-8H2,1-2H3,(H,15,17). The number of fused-ring (bicyclic) bond motifs is 1. The first kappa shape index (κ1) is 12.9. The molecule has 2 aromatic rings. The fourth-order valence-electron chi connectivity index (χ4n) is 2.65. The Bertz CT molecular complexity index is 630. The number of imidazole rings is 1. The van der Waals surface area contributed by atoms with Gasteiger partial charge >= 0.3 is 0 Å². The van der Waals surface area contributed by atoms with E-state index in [4.69, 9.17) is 0 Å². The lowest BCUT2D eigenvalue weighted by Crippen LogP contribution is -2.39. The minimum absolute atomic E-state index is 0.136. The van der Waals surface area contributed by atoms with Crippen molar-refractivity contribution in [1.82, 2.24) is 19.4 Å². The topological polar surface area (TPSA) is 63.1 Å². The largest absolute Gasteiger partial charge is 0.357 e. The molecule has 1 aliphatic rings. The van der Waals surface area contributed by atoms with Crippen LogP contribution in [0.25, 0.3) is 11.0 Å². The SMILES string of the molecule is CC(Nc1nccc2c1ncn2C)C(=O)N1CCCC1. The van der Waals surface area contributed by atoms with E-state index in [9.17, 15) is 4.79 Å². The summed E-state index contributed by atoms with van der Waals surface area (Å²) >= 11 is 0. The number of nitrogens with zero attached hydrogens (tertiary/aromatic N) is 4. The van der Waals surface area contributed by atoms with Crippen LogP contribution in [-0.4, -0.2) is 44.5 Å². The zero-order valence-corrected chi connectivity index (χ0v) is 11.8. The van der Waals surface area contributed by atoms with Gasteiger partial charge in [0.15, 0.2) is 5.82 Å². The highest BCUT2D eigenvalue weighted by molar-refractivity contribution is 5.90. The first-order valence-electron chi connectivity index (χ1n) is 6.98. The van der Waals surface area contributed by atoms with Gasteiger partial charge in [0.25, 0.3) is 0 Å². The van der Waals surface area contributed by atoms with Crippen molar-refractivity contribution < 1.29 is 4.79 Å². The summed E-state index contributed by atoms with van der Waals surface area (Å²) in [6.07, 6.45) is 5.70. The molecule has 2 aromatic heterocycles. The van der Waals surface area contributed by atoms with E-state index in [2.05, 4.69) is 15.3 Å². The number of carbonyl (C=O) groups excluding carboxylic acids is 1. The Morgan fingerprint density at radius 2 is 2.10 bits per heavy atom. The number of anilines is 1. The lowest BCUT2D eigenvalue weighted by Gasteiger charge is -2.21. The fourth-order valence-corrected chi connectivity index (χ4v) is 2.65. The number of hydrogen-bond acceptors (Lipinski definition) is 4. The molecule has 6 heteroatoms. The van der Waals surface area contributed by atoms with Crippen molar-refractivity contribution in [3.63, 3.8) is 0 Å². The van der Waals surface area contributed by atoms with E-state index < -0.39 is 0 Å². The Hall–Kier alpha value is -2.11. The molecule has 1 amide bonds. The highest BCUT2D eigenvalue weighted by Crippen LogP contribution is 2.20. The molecule has 1 atom stereocenters. The van der Waals surface area contributed by atoms with E-state index in [0.29, 0.717) is 5.82 Å². The number of amides is 1. The predicted octanol–water partition coefficient (Wildman–Crippen LogP) is 1.39. The van der Waals surface area contributed by atoms with Gasteiger partial charge < -0.3 is 14.8 Å². The lowest BCUT2D eigenvalue weighted by atomic mass is 10.2. The zero-order valence-electron chi connectivity index (χ0n) is 11.8. The van der Waals surface area contributed by atoms with Crippen LogP contribution in [0.15, 0.2) is 18.6 Å². The lowest BCUT2D eigenvalue weighted by molar-refractivity contribution is -0.130. The number of carbonyl (C=O) groups is 1. The van der Waals surface area contributed by atoms with E-state index in [1.54, 1.807) is 12.5 Å². The third-order valence-corrected chi connectivity index (χ3v) is 3.78. The number of likely N-dealkylation sites (tertiary alicyclic amines) is 1. The van der Waals surface area contributed by atoms with Gasteiger partial charge in [-0.3, -0.25) is 4.79 Å². The highest BCUT2D eigenvalue weighted by Gasteiger charge is 2.24. The summed E-state index contributed by atoms with van der Waals surface area (Å²) in [6.45, 7) is 3.61. The van der Waals surface area contributed by atoms with Gasteiger partial charge in [-0.15, -0.1) is 0 Å². The number of nitrogens with one attached hydrogen (secondary N) is 1. The van der Waals surface area contributed by atoms with E-state index in [1.807, 2.05) is 29.5 Å². The molecule has 0 aliphatic carbocycles. The summed E-state index contributed by atoms with van der Waals surface area (Å²) in [7, 11) is 1.94. The monoisotopic (exact) mass is 273 g/mol. The van der Waals surface area contributed by atoms with E-state index >= 15 is 0 Å². The van der Waals surface area contributed by atoms with Gasteiger partial charge in [-0.2, -0.15) is 0 Å². The number of rotatable bonds is 3. The Morgan fingerprint density at radius 3 is 2.85 bits per heavy atom. The van der Waals surface area contributed by atoms with Crippen molar-refractivity contribution in [2.45, 2.75) is 25.8 Å². The number of pyridine rings is 1. The van der Waals surface area contributed by atoms with Crippen LogP contribution in [0.4, 0.5) is 5.82 Å². The van der Waals surface area contributed by atoms with Crippen LogP contribution in [0.5, 0.6) is 0 Å². The summed E-state index contributed by atoms with van der Waals surface area (Å²) in [5.74, 6) is 0.806. The molecular weight excluding hydrogens is 254 g/mol. The molecule has 1 saturated heterocycles. The van der Waals surface area contributed by atoms with Crippen LogP contribution in [0.2, 0.25) is 0 Å². The van der Waals surface area contributed by atoms with Crippen LogP contribution in [0.1, 0.15) is 19.8 Å². The summed E-state index contributed by atoms with van der Waals surface area (Å²) < 4.78 is 1.94. The van der Waals surface area contributed by atoms with Crippen molar-refractivity contribution in [3.8, 4) is 0 Å². The second-order valence-corrected chi connectivity index (χ2v) is 5.28. The Morgan fingerprint density at radius 1 is 1.35 bits per heavy atom. The maximum atomic E-state index is 12.3. The Balaban J connectivity index is 1.80. The maximum absolute atomic E-state index is 12.3. The number of hydrogen-bond donors (Lipinski definition) is 1. The number of aromatic nitrogens is 3. The molecule has 1 unspecified atom stereocenters. The van der Waals surface area contributed by atoms with Crippen LogP contribution in [-0.2, 0) is 11.8 Å². The highest BCUT2D eigenvalue weighted by atomic mass is 16.2. The summed E-state index contributed by atoms with van der Waals surface area (Å²) in [6, 6.07) is 1.63. The molecule has 6 nitrogen and oxygen atoms in total. The van der Waals surface area contributed by atoms with Crippen molar-refractivity contribution in [3.05, 3.63) is 18.6 Å². The first-order chi connectivity index (χ1) is 9.66. The molecule has 3 rings (SSSR count). The molecule has 0 spiro atoms. The molecule has 3 heterocycles. The quantitative estimate of drug-likeness (QED) is 0.918. The van der Waals surface area contributed by atoms with Crippen LogP contribution >= 0.6 is 0 Å². The predicted molar refractivity (Wildman–Crippen MR) is 77.4 cm³/mol. The van der Waals surface area contributed by atoms with E-state index in [1.165, 1.54) is 0 Å². The molecular formula is C14H19N5O. The van der Waals surface area contributed by atoms with E-state index in [0.717, 1.165) is 37.0 Å². The van der Waals surface area contributed by atoms with Gasteiger partial charge in [0, 0.05) is 26.3 Å². The van der Waals surface area contributed by atoms with Crippen LogP contribution < -0.4 is 5.32 Å². The molecule has 1 N–H and O–H groups in total. The molecule has 1 aliphatic heterocycles. The number of aryl methyl sites for hydroxylation is 1. The van der Waals surface area contributed by atoms with E-state index in [-0.39, 0.29) is 11.9 Å². The zero-order chi connectivity index (χ0) is 14.1. The van der Waals surface area contributed by atoms with Crippen molar-refractivity contribution in [2.24, 2.45) is 7.05 Å². The molecule has 1 fully saturated rings. The molecule has 0 saturated carbocycles. The van der Waals surface area contributed by atoms with Gasteiger partial charge in [0.1, 0.15) is 11.6 Å². The van der Waals surface area contributed by atoms with Gasteiger partial charge in [-0.1, -0.05) is 0 Å². The third-order valence-electron chi connectivity index (χ3n) is 3.78. The second kappa shape index (κ2) is 5.11. The van der Waals surface area contributed by atoms with Gasteiger partial charge in [-0.25, -0.2) is 9.97 Å². The summed E-state index contributed by atoms with van der Waals surface area (Å²) in [5.41, 5.74) is 1.80. The normalized spacial score (nSPS) is 16.6. The van der Waals surface area contributed by atoms with Crippen molar-refractivity contribution in [2.75, 3.05) is 18.4 Å². The molecule has 0 aromatic carbocycles. The first-order valence-corrected chi connectivity index (χ1v) is 6.98. The molecule has 0 radical (unpaired) electrons.